The Labute approximate surface area is 111 Å². The predicted molar refractivity (Wildman–Crippen MR) is 69.1 cm³/mol. The first-order valence-corrected chi connectivity index (χ1v) is 5.97. The van der Waals surface area contributed by atoms with Crippen LogP contribution < -0.4 is 4.74 Å². The van der Waals surface area contributed by atoms with Crippen LogP contribution in [0.3, 0.4) is 0 Å². The van der Waals surface area contributed by atoms with Gasteiger partial charge in [-0.1, -0.05) is 6.92 Å². The number of nitro groups is 1. The maximum Gasteiger partial charge on any atom is 0.308 e. The molecule has 0 spiro atoms. The van der Waals surface area contributed by atoms with Gasteiger partial charge >= 0.3 is 5.97 Å². The van der Waals surface area contributed by atoms with Crippen LogP contribution >= 0.6 is 0 Å². The van der Waals surface area contributed by atoms with Crippen molar-refractivity contribution in [1.82, 2.24) is 0 Å². The van der Waals surface area contributed by atoms with Crippen molar-refractivity contribution in [2.24, 2.45) is 5.92 Å². The number of carbonyl (C=O) groups excluding carboxylic acids is 1. The zero-order chi connectivity index (χ0) is 14.4. The standard InChI is InChI=1S/C13H17NO5/c1-4-19-13(15)9(2)7-10-5-6-11(18-3)8-12(10)14(16)17/h5-6,8-9H,4,7H2,1-3H3. The summed E-state index contributed by atoms with van der Waals surface area (Å²) in [5.74, 6) is -0.362. The van der Waals surface area contributed by atoms with E-state index in [4.69, 9.17) is 9.47 Å². The van der Waals surface area contributed by atoms with E-state index in [0.717, 1.165) is 0 Å². The van der Waals surface area contributed by atoms with Crippen molar-refractivity contribution >= 4 is 11.7 Å². The van der Waals surface area contributed by atoms with Gasteiger partial charge in [-0.2, -0.15) is 0 Å². The number of esters is 1. The van der Waals surface area contributed by atoms with Crippen LogP contribution in [0.2, 0.25) is 0 Å². The molecule has 1 aromatic rings. The molecule has 0 N–H and O–H groups in total. The summed E-state index contributed by atoms with van der Waals surface area (Å²) < 4.78 is 9.84. The maximum atomic E-state index is 11.5. The molecular weight excluding hydrogens is 250 g/mol. The second-order valence-electron chi connectivity index (χ2n) is 4.11. The molecule has 1 rings (SSSR count). The summed E-state index contributed by atoms with van der Waals surface area (Å²) in [4.78, 5) is 22.1. The first kappa shape index (κ1) is 14.9. The van der Waals surface area contributed by atoms with E-state index >= 15 is 0 Å². The molecule has 1 aromatic carbocycles. The minimum absolute atomic E-state index is 0.0458. The second kappa shape index (κ2) is 6.72. The quantitative estimate of drug-likeness (QED) is 0.449. The Balaban J connectivity index is 2.94. The monoisotopic (exact) mass is 267 g/mol. The number of ether oxygens (including phenoxy) is 2. The van der Waals surface area contributed by atoms with Gasteiger partial charge < -0.3 is 9.47 Å². The van der Waals surface area contributed by atoms with Gasteiger partial charge in [0.2, 0.25) is 0 Å². The number of methoxy groups -OCH3 is 1. The fraction of sp³-hybridized carbons (Fsp3) is 0.462. The van der Waals surface area contributed by atoms with E-state index in [1.807, 2.05) is 0 Å². The van der Waals surface area contributed by atoms with Crippen molar-refractivity contribution in [3.8, 4) is 5.75 Å². The zero-order valence-electron chi connectivity index (χ0n) is 11.2. The Morgan fingerprint density at radius 2 is 2.16 bits per heavy atom. The van der Waals surface area contributed by atoms with Crippen LogP contribution in [0.4, 0.5) is 5.69 Å². The topological polar surface area (TPSA) is 78.7 Å². The summed E-state index contributed by atoms with van der Waals surface area (Å²) in [5, 5.41) is 11.0. The summed E-state index contributed by atoms with van der Waals surface area (Å²) in [6, 6.07) is 4.60. The molecule has 6 nitrogen and oxygen atoms in total. The molecule has 0 fully saturated rings. The lowest BCUT2D eigenvalue weighted by molar-refractivity contribution is -0.385. The summed E-state index contributed by atoms with van der Waals surface area (Å²) >= 11 is 0. The van der Waals surface area contributed by atoms with E-state index in [0.29, 0.717) is 17.9 Å². The molecule has 0 heterocycles. The third-order valence-corrected chi connectivity index (χ3v) is 2.70. The van der Waals surface area contributed by atoms with Crippen LogP contribution in [0.1, 0.15) is 19.4 Å². The molecule has 0 amide bonds. The highest BCUT2D eigenvalue weighted by atomic mass is 16.6. The van der Waals surface area contributed by atoms with Crippen LogP contribution in [-0.2, 0) is 16.0 Å². The third kappa shape index (κ3) is 3.94. The van der Waals surface area contributed by atoms with E-state index in [1.165, 1.54) is 13.2 Å². The Hall–Kier alpha value is -2.11. The second-order valence-corrected chi connectivity index (χ2v) is 4.11. The summed E-state index contributed by atoms with van der Waals surface area (Å²) in [5.41, 5.74) is 0.446. The lowest BCUT2D eigenvalue weighted by Crippen LogP contribution is -2.17. The van der Waals surface area contributed by atoms with Crippen LogP contribution in [0.5, 0.6) is 5.75 Å². The molecule has 0 aromatic heterocycles. The van der Waals surface area contributed by atoms with E-state index in [9.17, 15) is 14.9 Å². The molecule has 0 aliphatic carbocycles. The third-order valence-electron chi connectivity index (χ3n) is 2.70. The Kier molecular flexibility index (Phi) is 5.29. The molecule has 104 valence electrons. The molecular formula is C13H17NO5. The predicted octanol–water partition coefficient (Wildman–Crippen LogP) is 2.35. The summed E-state index contributed by atoms with van der Waals surface area (Å²) in [6.07, 6.45) is 0.263. The van der Waals surface area contributed by atoms with Gasteiger partial charge in [0.05, 0.1) is 30.6 Å². The van der Waals surface area contributed by atoms with E-state index in [2.05, 4.69) is 0 Å². The molecule has 0 aliphatic rings. The smallest absolute Gasteiger partial charge is 0.308 e. The number of nitrogens with zero attached hydrogens (tertiary/aromatic N) is 1. The zero-order valence-corrected chi connectivity index (χ0v) is 11.2. The lowest BCUT2D eigenvalue weighted by atomic mass is 9.99. The van der Waals surface area contributed by atoms with Crippen LogP contribution in [0.25, 0.3) is 0 Å². The molecule has 0 saturated carbocycles. The highest BCUT2D eigenvalue weighted by Gasteiger charge is 2.21. The highest BCUT2D eigenvalue weighted by molar-refractivity contribution is 5.72. The van der Waals surface area contributed by atoms with Gasteiger partial charge in [-0.05, 0) is 25.5 Å². The molecule has 1 unspecified atom stereocenters. The molecule has 0 saturated heterocycles. The van der Waals surface area contributed by atoms with Gasteiger partial charge in [0, 0.05) is 5.56 Å². The van der Waals surface area contributed by atoms with Crippen LogP contribution in [-0.4, -0.2) is 24.6 Å². The number of hydrogen-bond acceptors (Lipinski definition) is 5. The van der Waals surface area contributed by atoms with Crippen molar-refractivity contribution in [2.75, 3.05) is 13.7 Å². The summed E-state index contributed by atoms with van der Waals surface area (Å²) in [6.45, 7) is 3.71. The van der Waals surface area contributed by atoms with Crippen LogP contribution in [0.15, 0.2) is 18.2 Å². The first-order valence-electron chi connectivity index (χ1n) is 5.97. The van der Waals surface area contributed by atoms with Gasteiger partial charge in [-0.3, -0.25) is 14.9 Å². The Bertz CT molecular complexity index is 472. The molecule has 0 aliphatic heterocycles. The van der Waals surface area contributed by atoms with Gasteiger partial charge in [0.1, 0.15) is 5.75 Å². The highest BCUT2D eigenvalue weighted by Crippen LogP contribution is 2.26. The fourth-order valence-corrected chi connectivity index (χ4v) is 1.71. The largest absolute Gasteiger partial charge is 0.497 e. The molecule has 6 heteroatoms. The van der Waals surface area contributed by atoms with Crippen molar-refractivity contribution in [3.05, 3.63) is 33.9 Å². The fourth-order valence-electron chi connectivity index (χ4n) is 1.71. The van der Waals surface area contributed by atoms with Crippen molar-refractivity contribution in [3.63, 3.8) is 0 Å². The lowest BCUT2D eigenvalue weighted by Gasteiger charge is -2.11. The van der Waals surface area contributed by atoms with Crippen LogP contribution in [0, 0.1) is 16.0 Å². The normalized spacial score (nSPS) is 11.7. The minimum Gasteiger partial charge on any atom is -0.497 e. The molecule has 1 atom stereocenters. The minimum atomic E-state index is -0.476. The average Bonchev–Trinajstić information content (AvgIpc) is 2.39. The average molecular weight is 267 g/mol. The van der Waals surface area contributed by atoms with E-state index in [-0.39, 0.29) is 18.1 Å². The van der Waals surface area contributed by atoms with Crippen molar-refractivity contribution < 1.29 is 19.2 Å². The van der Waals surface area contributed by atoms with Gasteiger partial charge in [-0.25, -0.2) is 0 Å². The van der Waals surface area contributed by atoms with Crippen molar-refractivity contribution in [2.45, 2.75) is 20.3 Å². The van der Waals surface area contributed by atoms with Gasteiger partial charge in [-0.15, -0.1) is 0 Å². The number of hydrogen-bond donors (Lipinski definition) is 0. The molecule has 19 heavy (non-hydrogen) atoms. The Morgan fingerprint density at radius 3 is 2.68 bits per heavy atom. The number of rotatable bonds is 6. The van der Waals surface area contributed by atoms with E-state index < -0.39 is 10.8 Å². The van der Waals surface area contributed by atoms with E-state index in [1.54, 1.807) is 26.0 Å². The molecule has 0 radical (unpaired) electrons. The number of nitro benzene ring substituents is 1. The van der Waals surface area contributed by atoms with Gasteiger partial charge in [0.15, 0.2) is 0 Å². The number of carbonyl (C=O) groups is 1. The SMILES string of the molecule is CCOC(=O)C(C)Cc1ccc(OC)cc1[N+](=O)[O-]. The number of benzene rings is 1. The van der Waals surface area contributed by atoms with Crippen molar-refractivity contribution in [1.29, 1.82) is 0 Å². The van der Waals surface area contributed by atoms with Gasteiger partial charge in [0.25, 0.3) is 5.69 Å². The summed E-state index contributed by atoms with van der Waals surface area (Å²) in [7, 11) is 1.44. The Morgan fingerprint density at radius 1 is 1.47 bits per heavy atom. The maximum absolute atomic E-state index is 11.5. The molecule has 0 bridgehead atoms. The first-order chi connectivity index (χ1) is 8.99.